The molecule has 3 aliphatic rings. The summed E-state index contributed by atoms with van der Waals surface area (Å²) < 4.78 is 24.5. The Labute approximate surface area is 187 Å². The molecule has 8 nitrogen and oxygen atoms in total. The Morgan fingerprint density at radius 3 is 2.47 bits per heavy atom. The molecule has 1 saturated carbocycles. The zero-order chi connectivity index (χ0) is 22.7. The van der Waals surface area contributed by atoms with Gasteiger partial charge in [-0.15, -0.1) is 0 Å². The lowest BCUT2D eigenvalue weighted by molar-refractivity contribution is -0.149. The Morgan fingerprint density at radius 1 is 1.19 bits per heavy atom. The number of nitrogens with one attached hydrogen (secondary N) is 1. The molecule has 1 atom stereocenters. The average Bonchev–Trinajstić information content (AvgIpc) is 3.11. The summed E-state index contributed by atoms with van der Waals surface area (Å²) in [5, 5.41) is 2.79. The first-order valence-corrected chi connectivity index (χ1v) is 11.2. The Morgan fingerprint density at radius 2 is 1.88 bits per heavy atom. The predicted octanol–water partition coefficient (Wildman–Crippen LogP) is 1.55. The Kier molecular flexibility index (Phi) is 6.76. The summed E-state index contributed by atoms with van der Waals surface area (Å²) in [6.45, 7) is 1.69. The van der Waals surface area contributed by atoms with E-state index in [0.717, 1.165) is 19.3 Å². The molecular weight excluding hydrogens is 417 g/mol. The zero-order valence-corrected chi connectivity index (χ0v) is 18.3. The van der Waals surface area contributed by atoms with E-state index >= 15 is 0 Å². The van der Waals surface area contributed by atoms with Crippen molar-refractivity contribution in [2.45, 2.75) is 43.9 Å². The van der Waals surface area contributed by atoms with Gasteiger partial charge >= 0.3 is 0 Å². The zero-order valence-electron chi connectivity index (χ0n) is 18.3. The first kappa shape index (κ1) is 22.7. The lowest BCUT2D eigenvalue weighted by Gasteiger charge is -2.45. The minimum atomic E-state index is -0.967. The van der Waals surface area contributed by atoms with Crippen molar-refractivity contribution in [2.24, 2.45) is 5.92 Å². The van der Waals surface area contributed by atoms with Gasteiger partial charge in [0.15, 0.2) is 0 Å². The van der Waals surface area contributed by atoms with E-state index in [9.17, 15) is 18.8 Å². The molecule has 9 heteroatoms. The van der Waals surface area contributed by atoms with Gasteiger partial charge in [-0.25, -0.2) is 4.39 Å². The number of hydrogen-bond donors (Lipinski definition) is 1. The molecule has 2 saturated heterocycles. The summed E-state index contributed by atoms with van der Waals surface area (Å²) in [5.74, 6) is -0.847. The van der Waals surface area contributed by atoms with Crippen molar-refractivity contribution >= 4 is 17.7 Å². The number of nitrogens with zero attached hydrogens (tertiary/aromatic N) is 2. The number of ether oxygens (including phenoxy) is 2. The number of carbonyl (C=O) groups is 3. The van der Waals surface area contributed by atoms with Gasteiger partial charge in [-0.1, -0.05) is 6.42 Å². The van der Waals surface area contributed by atoms with Crippen LogP contribution in [0.25, 0.3) is 0 Å². The van der Waals surface area contributed by atoms with E-state index in [2.05, 4.69) is 5.32 Å². The number of rotatable bonds is 6. The van der Waals surface area contributed by atoms with Crippen molar-refractivity contribution in [1.29, 1.82) is 0 Å². The van der Waals surface area contributed by atoms with Crippen LogP contribution in [0, 0.1) is 11.7 Å². The summed E-state index contributed by atoms with van der Waals surface area (Å²) in [4.78, 5) is 42.4. The molecular formula is C23H30FN3O5. The van der Waals surface area contributed by atoms with Crippen molar-refractivity contribution < 1.29 is 28.2 Å². The van der Waals surface area contributed by atoms with E-state index in [4.69, 9.17) is 9.47 Å². The topological polar surface area (TPSA) is 88.2 Å². The molecule has 0 bridgehead atoms. The quantitative estimate of drug-likeness (QED) is 0.669. The van der Waals surface area contributed by atoms with E-state index in [1.807, 2.05) is 4.90 Å². The monoisotopic (exact) mass is 447 g/mol. The highest BCUT2D eigenvalue weighted by Gasteiger charge is 2.54. The number of hydrogen-bond acceptors (Lipinski definition) is 5. The maximum absolute atomic E-state index is 13.5. The molecule has 1 aliphatic carbocycles. The summed E-state index contributed by atoms with van der Waals surface area (Å²) in [6.07, 6.45) is 3.84. The highest BCUT2D eigenvalue weighted by molar-refractivity contribution is 5.98. The number of amides is 3. The van der Waals surface area contributed by atoms with Crippen molar-refractivity contribution in [3.8, 4) is 0 Å². The van der Waals surface area contributed by atoms with Crippen LogP contribution in [-0.4, -0.2) is 79.2 Å². The Bertz CT molecular complexity index is 850. The molecule has 32 heavy (non-hydrogen) atoms. The van der Waals surface area contributed by atoms with Gasteiger partial charge in [-0.3, -0.25) is 19.3 Å². The lowest BCUT2D eigenvalue weighted by atomic mass is 9.83. The third-order valence-electron chi connectivity index (χ3n) is 6.79. The number of benzene rings is 1. The fraction of sp³-hybridized carbons (Fsp3) is 0.609. The highest BCUT2D eigenvalue weighted by Crippen LogP contribution is 2.39. The van der Waals surface area contributed by atoms with Crippen LogP contribution < -0.4 is 5.32 Å². The molecule has 1 unspecified atom stereocenters. The standard InChI is InChI=1S/C23H30FN3O5/c1-31-14-11-25-20(28)19-15-32-23(27(19)22(30)17-5-7-18(24)8-6-17)9-12-26(13-10-23)21(29)16-3-2-4-16/h5-8,16,19H,2-4,9-15H2,1H3,(H,25,28). The fourth-order valence-electron chi connectivity index (χ4n) is 4.68. The molecule has 2 aliphatic heterocycles. The first-order valence-electron chi connectivity index (χ1n) is 11.2. The third-order valence-corrected chi connectivity index (χ3v) is 6.79. The highest BCUT2D eigenvalue weighted by atomic mass is 19.1. The number of carbonyl (C=O) groups excluding carboxylic acids is 3. The molecule has 174 valence electrons. The Balaban J connectivity index is 1.53. The number of likely N-dealkylation sites (tertiary alicyclic amines) is 1. The fourth-order valence-corrected chi connectivity index (χ4v) is 4.68. The van der Waals surface area contributed by atoms with Gasteiger partial charge in [0.05, 0.1) is 13.2 Å². The van der Waals surface area contributed by atoms with Crippen LogP contribution in [0.5, 0.6) is 0 Å². The summed E-state index contributed by atoms with van der Waals surface area (Å²) >= 11 is 0. The van der Waals surface area contributed by atoms with Crippen LogP contribution in [0.3, 0.4) is 0 Å². The van der Waals surface area contributed by atoms with E-state index in [1.165, 1.54) is 29.2 Å². The van der Waals surface area contributed by atoms with Crippen molar-refractivity contribution in [3.63, 3.8) is 0 Å². The summed E-state index contributed by atoms with van der Waals surface area (Å²) in [6, 6.07) is 4.48. The van der Waals surface area contributed by atoms with Crippen LogP contribution in [-0.2, 0) is 19.1 Å². The summed E-state index contributed by atoms with van der Waals surface area (Å²) in [5.41, 5.74) is -0.676. The molecule has 1 aromatic carbocycles. The molecule has 3 fully saturated rings. The van der Waals surface area contributed by atoms with E-state index in [-0.39, 0.29) is 30.2 Å². The van der Waals surface area contributed by atoms with Gasteiger partial charge in [0.25, 0.3) is 5.91 Å². The minimum Gasteiger partial charge on any atom is -0.383 e. The average molecular weight is 448 g/mol. The van der Waals surface area contributed by atoms with Crippen LogP contribution in [0.2, 0.25) is 0 Å². The van der Waals surface area contributed by atoms with Gasteiger partial charge in [0.1, 0.15) is 17.6 Å². The molecule has 3 amide bonds. The molecule has 4 rings (SSSR count). The second-order valence-electron chi connectivity index (χ2n) is 8.69. The smallest absolute Gasteiger partial charge is 0.256 e. The lowest BCUT2D eigenvalue weighted by Crippen LogP contribution is -2.60. The van der Waals surface area contributed by atoms with Crippen LogP contribution in [0.1, 0.15) is 42.5 Å². The normalized spacial score (nSPS) is 22.6. The van der Waals surface area contributed by atoms with E-state index < -0.39 is 17.6 Å². The van der Waals surface area contributed by atoms with Crippen molar-refractivity contribution in [1.82, 2.24) is 15.1 Å². The largest absolute Gasteiger partial charge is 0.383 e. The molecule has 2 heterocycles. The van der Waals surface area contributed by atoms with Gasteiger partial charge in [-0.2, -0.15) is 0 Å². The van der Waals surface area contributed by atoms with Gasteiger partial charge in [-0.05, 0) is 37.1 Å². The van der Waals surface area contributed by atoms with Crippen molar-refractivity contribution in [3.05, 3.63) is 35.6 Å². The van der Waals surface area contributed by atoms with Crippen LogP contribution in [0.4, 0.5) is 4.39 Å². The van der Waals surface area contributed by atoms with Gasteiger partial charge < -0.3 is 19.7 Å². The third kappa shape index (κ3) is 4.36. The maximum Gasteiger partial charge on any atom is 0.256 e. The molecule has 1 spiro atoms. The van der Waals surface area contributed by atoms with Gasteiger partial charge in [0, 0.05) is 51.1 Å². The predicted molar refractivity (Wildman–Crippen MR) is 113 cm³/mol. The minimum absolute atomic E-state index is 0.0717. The number of halogens is 1. The van der Waals surface area contributed by atoms with Crippen LogP contribution in [0.15, 0.2) is 24.3 Å². The number of piperidine rings is 1. The number of methoxy groups -OCH3 is 1. The maximum atomic E-state index is 13.5. The molecule has 1 aromatic rings. The van der Waals surface area contributed by atoms with E-state index in [0.29, 0.717) is 44.6 Å². The Hall–Kier alpha value is -2.52. The molecule has 1 N–H and O–H groups in total. The SMILES string of the molecule is COCCNC(=O)C1COC2(CCN(C(=O)C3CCC3)CC2)N1C(=O)c1ccc(F)cc1. The molecule has 0 radical (unpaired) electrons. The molecule has 0 aromatic heterocycles. The van der Waals surface area contributed by atoms with Crippen LogP contribution >= 0.6 is 0 Å². The second-order valence-corrected chi connectivity index (χ2v) is 8.69. The van der Waals surface area contributed by atoms with Crippen molar-refractivity contribution in [2.75, 3.05) is 40.0 Å². The first-order chi connectivity index (χ1) is 15.4. The summed E-state index contributed by atoms with van der Waals surface area (Å²) in [7, 11) is 1.54. The second kappa shape index (κ2) is 9.54. The van der Waals surface area contributed by atoms with E-state index in [1.54, 1.807) is 7.11 Å². The van der Waals surface area contributed by atoms with Gasteiger partial charge in [0.2, 0.25) is 11.8 Å².